The van der Waals surface area contributed by atoms with Gasteiger partial charge in [0.1, 0.15) is 6.04 Å². The molecule has 24 heavy (non-hydrogen) atoms. The lowest BCUT2D eigenvalue weighted by molar-refractivity contribution is -0.127. The molecule has 9 heteroatoms. The van der Waals surface area contributed by atoms with Crippen molar-refractivity contribution in [2.24, 2.45) is 0 Å². The van der Waals surface area contributed by atoms with Crippen LogP contribution < -0.4 is 10.6 Å². The van der Waals surface area contributed by atoms with Crippen molar-refractivity contribution in [1.29, 1.82) is 0 Å². The van der Waals surface area contributed by atoms with Crippen molar-refractivity contribution in [3.05, 3.63) is 29.3 Å². The molecule has 1 atom stereocenters. The Morgan fingerprint density at radius 1 is 1.29 bits per heavy atom. The number of carbonyl (C=O) groups is 2. The molecule has 0 bridgehead atoms. The fraction of sp³-hybridized carbons (Fsp3) is 0.333. The standard InChI is InChI=1S/C15H17ClN4O3S/c1-3-17-13(22)9(2)18-12(21)8-24-15-20-19-14(23-15)10-4-6-11(16)7-5-10/h4-7,9H,3,8H2,1-2H3,(H,17,22)(H,18,21)/t9-/m0/s1. The lowest BCUT2D eigenvalue weighted by atomic mass is 10.2. The molecule has 1 aromatic heterocycles. The Kier molecular flexibility index (Phi) is 6.62. The van der Waals surface area contributed by atoms with Gasteiger partial charge in [-0.2, -0.15) is 0 Å². The molecule has 2 N–H and O–H groups in total. The predicted molar refractivity (Wildman–Crippen MR) is 91.8 cm³/mol. The maximum Gasteiger partial charge on any atom is 0.277 e. The van der Waals surface area contributed by atoms with E-state index >= 15 is 0 Å². The number of likely N-dealkylation sites (N-methyl/N-ethyl adjacent to an activating group) is 1. The zero-order chi connectivity index (χ0) is 17.5. The quantitative estimate of drug-likeness (QED) is 0.726. The molecule has 2 rings (SSSR count). The molecule has 2 amide bonds. The first-order valence-corrected chi connectivity index (χ1v) is 8.65. The number of aromatic nitrogens is 2. The SMILES string of the molecule is CCNC(=O)[C@H](C)NC(=O)CSc1nnc(-c2ccc(Cl)cc2)o1. The molecule has 2 aromatic rings. The minimum Gasteiger partial charge on any atom is -0.411 e. The van der Waals surface area contributed by atoms with Crippen LogP contribution in [-0.2, 0) is 9.59 Å². The fourth-order valence-corrected chi connectivity index (χ4v) is 2.48. The first kappa shape index (κ1) is 18.3. The van der Waals surface area contributed by atoms with Crippen molar-refractivity contribution in [2.75, 3.05) is 12.3 Å². The molecule has 1 aromatic carbocycles. The third kappa shape index (κ3) is 5.24. The predicted octanol–water partition coefficient (Wildman–Crippen LogP) is 2.12. The summed E-state index contributed by atoms with van der Waals surface area (Å²) in [6.07, 6.45) is 0. The third-order valence-electron chi connectivity index (χ3n) is 2.95. The van der Waals surface area contributed by atoms with Crippen LogP contribution in [0.5, 0.6) is 0 Å². The van der Waals surface area contributed by atoms with Gasteiger partial charge >= 0.3 is 0 Å². The Morgan fingerprint density at radius 3 is 2.67 bits per heavy atom. The first-order valence-electron chi connectivity index (χ1n) is 7.29. The minimum absolute atomic E-state index is 0.0754. The Bertz CT molecular complexity index is 705. The van der Waals surface area contributed by atoms with Crippen LogP contribution in [0.1, 0.15) is 13.8 Å². The van der Waals surface area contributed by atoms with Crippen molar-refractivity contribution in [1.82, 2.24) is 20.8 Å². The summed E-state index contributed by atoms with van der Waals surface area (Å²) in [6, 6.07) is 6.40. The molecule has 128 valence electrons. The van der Waals surface area contributed by atoms with Gasteiger partial charge in [-0.15, -0.1) is 10.2 Å². The van der Waals surface area contributed by atoms with Crippen LogP contribution in [0.3, 0.4) is 0 Å². The number of rotatable bonds is 7. The van der Waals surface area contributed by atoms with Crippen molar-refractivity contribution >= 4 is 35.2 Å². The van der Waals surface area contributed by atoms with E-state index in [1.54, 1.807) is 31.2 Å². The summed E-state index contributed by atoms with van der Waals surface area (Å²) in [5.74, 6) is -0.0830. The molecule has 1 heterocycles. The first-order chi connectivity index (χ1) is 11.5. The Labute approximate surface area is 148 Å². The van der Waals surface area contributed by atoms with Crippen LogP contribution in [0.25, 0.3) is 11.5 Å². The van der Waals surface area contributed by atoms with E-state index in [0.717, 1.165) is 17.3 Å². The molecule has 0 radical (unpaired) electrons. The summed E-state index contributed by atoms with van der Waals surface area (Å²) < 4.78 is 5.49. The minimum atomic E-state index is -0.592. The topological polar surface area (TPSA) is 97.1 Å². The van der Waals surface area contributed by atoms with E-state index in [1.807, 2.05) is 6.92 Å². The molecular formula is C15H17ClN4O3S. The monoisotopic (exact) mass is 368 g/mol. The van der Waals surface area contributed by atoms with Crippen LogP contribution in [0.2, 0.25) is 5.02 Å². The van der Waals surface area contributed by atoms with Crippen molar-refractivity contribution < 1.29 is 14.0 Å². The van der Waals surface area contributed by atoms with E-state index < -0.39 is 6.04 Å². The molecular weight excluding hydrogens is 352 g/mol. The number of hydrogen-bond acceptors (Lipinski definition) is 6. The second kappa shape index (κ2) is 8.70. The summed E-state index contributed by atoms with van der Waals surface area (Å²) >= 11 is 6.93. The highest BCUT2D eigenvalue weighted by atomic mass is 35.5. The average molecular weight is 369 g/mol. The number of hydrogen-bond donors (Lipinski definition) is 2. The van der Waals surface area contributed by atoms with E-state index in [4.69, 9.17) is 16.0 Å². The van der Waals surface area contributed by atoms with Crippen LogP contribution in [0, 0.1) is 0 Å². The second-order valence-electron chi connectivity index (χ2n) is 4.85. The third-order valence-corrected chi connectivity index (χ3v) is 4.02. The zero-order valence-electron chi connectivity index (χ0n) is 13.2. The molecule has 0 fully saturated rings. The Morgan fingerprint density at radius 2 is 2.00 bits per heavy atom. The number of carbonyl (C=O) groups excluding carboxylic acids is 2. The zero-order valence-corrected chi connectivity index (χ0v) is 14.8. The van der Waals surface area contributed by atoms with Crippen LogP contribution in [-0.4, -0.2) is 40.4 Å². The molecule has 0 saturated heterocycles. The lowest BCUT2D eigenvalue weighted by Crippen LogP contribution is -2.45. The number of amides is 2. The van der Waals surface area contributed by atoms with Crippen LogP contribution >= 0.6 is 23.4 Å². The van der Waals surface area contributed by atoms with Crippen molar-refractivity contribution in [2.45, 2.75) is 25.1 Å². The number of nitrogens with one attached hydrogen (secondary N) is 2. The van der Waals surface area contributed by atoms with Gasteiger partial charge in [0.05, 0.1) is 5.75 Å². The number of halogens is 1. The van der Waals surface area contributed by atoms with E-state index in [1.165, 1.54) is 0 Å². The van der Waals surface area contributed by atoms with Crippen LogP contribution in [0.4, 0.5) is 0 Å². The molecule has 0 aliphatic rings. The summed E-state index contributed by atoms with van der Waals surface area (Å²) in [4.78, 5) is 23.4. The smallest absolute Gasteiger partial charge is 0.277 e. The lowest BCUT2D eigenvalue weighted by Gasteiger charge is -2.12. The summed E-state index contributed by atoms with van der Waals surface area (Å²) in [7, 11) is 0. The van der Waals surface area contributed by atoms with Crippen LogP contribution in [0.15, 0.2) is 33.9 Å². The average Bonchev–Trinajstić information content (AvgIpc) is 3.03. The molecule has 0 unspecified atom stereocenters. The highest BCUT2D eigenvalue weighted by Crippen LogP contribution is 2.24. The van der Waals surface area contributed by atoms with Gasteiger partial charge in [-0.05, 0) is 38.1 Å². The largest absolute Gasteiger partial charge is 0.411 e. The van der Waals surface area contributed by atoms with Gasteiger partial charge in [0.2, 0.25) is 17.7 Å². The highest BCUT2D eigenvalue weighted by Gasteiger charge is 2.16. The van der Waals surface area contributed by atoms with Crippen molar-refractivity contribution in [3.8, 4) is 11.5 Å². The normalized spacial score (nSPS) is 11.8. The van der Waals surface area contributed by atoms with E-state index in [2.05, 4.69) is 20.8 Å². The summed E-state index contributed by atoms with van der Waals surface area (Å²) in [6.45, 7) is 3.96. The van der Waals surface area contributed by atoms with Gasteiger partial charge < -0.3 is 15.1 Å². The maximum absolute atomic E-state index is 11.8. The highest BCUT2D eigenvalue weighted by molar-refractivity contribution is 7.99. The van der Waals surface area contributed by atoms with Gasteiger partial charge in [-0.25, -0.2) is 0 Å². The van der Waals surface area contributed by atoms with Gasteiger partial charge in [0, 0.05) is 17.1 Å². The number of thioether (sulfide) groups is 1. The van der Waals surface area contributed by atoms with Gasteiger partial charge in [0.25, 0.3) is 5.22 Å². The van der Waals surface area contributed by atoms with Gasteiger partial charge in [-0.1, -0.05) is 23.4 Å². The molecule has 0 aliphatic heterocycles. The Balaban J connectivity index is 1.85. The molecule has 0 saturated carbocycles. The van der Waals surface area contributed by atoms with E-state index in [0.29, 0.717) is 17.5 Å². The number of nitrogens with zero attached hydrogens (tertiary/aromatic N) is 2. The van der Waals surface area contributed by atoms with Gasteiger partial charge in [-0.3, -0.25) is 9.59 Å². The molecule has 0 spiro atoms. The second-order valence-corrected chi connectivity index (χ2v) is 6.22. The van der Waals surface area contributed by atoms with E-state index in [-0.39, 0.29) is 22.8 Å². The van der Waals surface area contributed by atoms with Gasteiger partial charge in [0.15, 0.2) is 0 Å². The summed E-state index contributed by atoms with van der Waals surface area (Å²) in [5.41, 5.74) is 0.744. The molecule has 0 aliphatic carbocycles. The van der Waals surface area contributed by atoms with E-state index in [9.17, 15) is 9.59 Å². The Hall–Kier alpha value is -2.06. The molecule has 7 nitrogen and oxygen atoms in total. The fourth-order valence-electron chi connectivity index (χ4n) is 1.78. The van der Waals surface area contributed by atoms with Crippen molar-refractivity contribution in [3.63, 3.8) is 0 Å². The summed E-state index contributed by atoms with van der Waals surface area (Å²) in [5, 5.41) is 14.0. The number of benzene rings is 1. The maximum atomic E-state index is 11.8.